The molecule has 1 heterocycles. The number of nitrogens with two attached hydrogens (primary N) is 1. The minimum atomic E-state index is 0.750. The average Bonchev–Trinajstić information content (AvgIpc) is 2.65. The number of rotatable bonds is 7. The van der Waals surface area contributed by atoms with Crippen LogP contribution < -0.4 is 10.6 Å². The van der Waals surface area contributed by atoms with Gasteiger partial charge < -0.3 is 10.6 Å². The Morgan fingerprint density at radius 3 is 2.38 bits per heavy atom. The van der Waals surface area contributed by atoms with Gasteiger partial charge in [0.25, 0.3) is 0 Å². The first kappa shape index (κ1) is 19.5. The molecule has 2 aromatic carbocycles. The van der Waals surface area contributed by atoms with Crippen LogP contribution in [0, 0.1) is 0 Å². The molecule has 0 spiro atoms. The summed E-state index contributed by atoms with van der Waals surface area (Å²) in [6, 6.07) is 14.4. The van der Waals surface area contributed by atoms with Crippen molar-refractivity contribution in [1.29, 1.82) is 0 Å². The van der Waals surface area contributed by atoms with E-state index in [0.717, 1.165) is 74.3 Å². The summed E-state index contributed by atoms with van der Waals surface area (Å²) in [5.74, 6) is 0. The molecule has 2 N–H and O–H groups in total. The summed E-state index contributed by atoms with van der Waals surface area (Å²) < 4.78 is 0. The maximum Gasteiger partial charge on any atom is 0.0639 e. The SMILES string of the molecule is NCCCCc1cc(Cl)ccc1CN1CCN(c2ccccc2Cl)CC1. The van der Waals surface area contributed by atoms with E-state index in [9.17, 15) is 0 Å². The van der Waals surface area contributed by atoms with Crippen molar-refractivity contribution < 1.29 is 0 Å². The Bertz CT molecular complexity index is 712. The number of anilines is 1. The van der Waals surface area contributed by atoms with Crippen molar-refractivity contribution in [2.24, 2.45) is 5.73 Å². The molecule has 1 aliphatic rings. The molecule has 0 saturated carbocycles. The molecule has 3 rings (SSSR count). The van der Waals surface area contributed by atoms with E-state index in [2.05, 4.69) is 34.1 Å². The normalized spacial score (nSPS) is 15.4. The maximum absolute atomic E-state index is 6.34. The van der Waals surface area contributed by atoms with E-state index in [1.54, 1.807) is 0 Å². The number of aryl methyl sites for hydroxylation is 1. The Morgan fingerprint density at radius 1 is 0.885 bits per heavy atom. The highest BCUT2D eigenvalue weighted by molar-refractivity contribution is 6.33. The van der Waals surface area contributed by atoms with Gasteiger partial charge in [-0.2, -0.15) is 0 Å². The number of hydrogen-bond acceptors (Lipinski definition) is 3. The van der Waals surface area contributed by atoms with Crippen LogP contribution in [0.3, 0.4) is 0 Å². The highest BCUT2D eigenvalue weighted by Crippen LogP contribution is 2.27. The molecule has 0 amide bonds. The van der Waals surface area contributed by atoms with Gasteiger partial charge in [0.1, 0.15) is 0 Å². The van der Waals surface area contributed by atoms with Crippen LogP contribution in [-0.2, 0) is 13.0 Å². The zero-order valence-corrected chi connectivity index (χ0v) is 16.6. The van der Waals surface area contributed by atoms with Gasteiger partial charge in [-0.1, -0.05) is 41.4 Å². The van der Waals surface area contributed by atoms with Crippen molar-refractivity contribution in [2.75, 3.05) is 37.6 Å². The molecular weight excluding hydrogens is 365 g/mol. The van der Waals surface area contributed by atoms with Crippen molar-refractivity contribution in [3.63, 3.8) is 0 Å². The van der Waals surface area contributed by atoms with E-state index in [1.165, 1.54) is 11.1 Å². The fourth-order valence-electron chi connectivity index (χ4n) is 3.54. The summed E-state index contributed by atoms with van der Waals surface area (Å²) >= 11 is 12.6. The van der Waals surface area contributed by atoms with Crippen molar-refractivity contribution in [3.8, 4) is 0 Å². The zero-order valence-electron chi connectivity index (χ0n) is 15.1. The number of hydrogen-bond donors (Lipinski definition) is 1. The lowest BCUT2D eigenvalue weighted by Gasteiger charge is -2.36. The van der Waals surface area contributed by atoms with Gasteiger partial charge in [-0.3, -0.25) is 4.90 Å². The van der Waals surface area contributed by atoms with Gasteiger partial charge in [0.05, 0.1) is 10.7 Å². The van der Waals surface area contributed by atoms with Crippen LogP contribution in [0.2, 0.25) is 10.0 Å². The number of nitrogens with zero attached hydrogens (tertiary/aromatic N) is 2. The highest BCUT2D eigenvalue weighted by atomic mass is 35.5. The second-order valence-electron chi connectivity index (χ2n) is 6.87. The molecule has 0 unspecified atom stereocenters. The van der Waals surface area contributed by atoms with Gasteiger partial charge in [-0.05, 0) is 61.2 Å². The number of unbranched alkanes of at least 4 members (excludes halogenated alkanes) is 1. The third kappa shape index (κ3) is 5.14. The number of piperazine rings is 1. The highest BCUT2D eigenvalue weighted by Gasteiger charge is 2.19. The van der Waals surface area contributed by atoms with Gasteiger partial charge >= 0.3 is 0 Å². The van der Waals surface area contributed by atoms with Gasteiger partial charge in [0.2, 0.25) is 0 Å². The van der Waals surface area contributed by atoms with Crippen LogP contribution in [0.1, 0.15) is 24.0 Å². The molecular formula is C21H27Cl2N3. The Kier molecular flexibility index (Phi) is 7.21. The van der Waals surface area contributed by atoms with Crippen molar-refractivity contribution in [1.82, 2.24) is 4.90 Å². The Labute approximate surface area is 166 Å². The van der Waals surface area contributed by atoms with E-state index >= 15 is 0 Å². The van der Waals surface area contributed by atoms with Gasteiger partial charge in [-0.15, -0.1) is 0 Å². The van der Waals surface area contributed by atoms with Gasteiger partial charge in [-0.25, -0.2) is 0 Å². The predicted molar refractivity (Wildman–Crippen MR) is 112 cm³/mol. The molecule has 2 aromatic rings. The molecule has 140 valence electrons. The number of halogens is 2. The third-order valence-corrected chi connectivity index (χ3v) is 5.58. The fourth-order valence-corrected chi connectivity index (χ4v) is 3.99. The smallest absolute Gasteiger partial charge is 0.0639 e. The maximum atomic E-state index is 6.34. The number of para-hydroxylation sites is 1. The Morgan fingerprint density at radius 2 is 1.65 bits per heavy atom. The van der Waals surface area contributed by atoms with E-state index in [0.29, 0.717) is 0 Å². The molecule has 26 heavy (non-hydrogen) atoms. The van der Waals surface area contributed by atoms with E-state index in [1.807, 2.05) is 18.2 Å². The molecule has 0 atom stereocenters. The lowest BCUT2D eigenvalue weighted by Crippen LogP contribution is -2.46. The molecule has 0 aliphatic carbocycles. The first-order valence-corrected chi connectivity index (χ1v) is 10.1. The molecule has 1 fully saturated rings. The minimum absolute atomic E-state index is 0.750. The lowest BCUT2D eigenvalue weighted by molar-refractivity contribution is 0.249. The van der Waals surface area contributed by atoms with Crippen molar-refractivity contribution >= 4 is 28.9 Å². The third-order valence-electron chi connectivity index (χ3n) is 5.03. The van der Waals surface area contributed by atoms with Gasteiger partial charge in [0, 0.05) is 37.7 Å². The second-order valence-corrected chi connectivity index (χ2v) is 7.72. The second kappa shape index (κ2) is 9.61. The van der Waals surface area contributed by atoms with Crippen LogP contribution >= 0.6 is 23.2 Å². The molecule has 1 aliphatic heterocycles. The largest absolute Gasteiger partial charge is 0.368 e. The van der Waals surface area contributed by atoms with Gasteiger partial charge in [0.15, 0.2) is 0 Å². The first-order chi connectivity index (χ1) is 12.7. The summed E-state index contributed by atoms with van der Waals surface area (Å²) in [4.78, 5) is 4.89. The monoisotopic (exact) mass is 391 g/mol. The lowest BCUT2D eigenvalue weighted by atomic mass is 10.0. The Balaban J connectivity index is 1.60. The average molecular weight is 392 g/mol. The molecule has 0 bridgehead atoms. The van der Waals surface area contributed by atoms with E-state index < -0.39 is 0 Å². The quantitative estimate of drug-likeness (QED) is 0.700. The van der Waals surface area contributed by atoms with Crippen LogP contribution in [0.15, 0.2) is 42.5 Å². The number of benzene rings is 2. The molecule has 5 heteroatoms. The van der Waals surface area contributed by atoms with Crippen molar-refractivity contribution in [2.45, 2.75) is 25.8 Å². The Hall–Kier alpha value is -1.26. The van der Waals surface area contributed by atoms with Crippen LogP contribution in [0.4, 0.5) is 5.69 Å². The first-order valence-electron chi connectivity index (χ1n) is 9.36. The molecule has 0 aromatic heterocycles. The molecule has 0 radical (unpaired) electrons. The van der Waals surface area contributed by atoms with Crippen LogP contribution in [0.5, 0.6) is 0 Å². The molecule has 1 saturated heterocycles. The summed E-state index contributed by atoms with van der Waals surface area (Å²) in [7, 11) is 0. The summed E-state index contributed by atoms with van der Waals surface area (Å²) in [6.45, 7) is 5.80. The van der Waals surface area contributed by atoms with Crippen LogP contribution in [-0.4, -0.2) is 37.6 Å². The van der Waals surface area contributed by atoms with Crippen molar-refractivity contribution in [3.05, 3.63) is 63.6 Å². The minimum Gasteiger partial charge on any atom is -0.368 e. The topological polar surface area (TPSA) is 32.5 Å². The standard InChI is InChI=1S/C21H27Cl2N3/c22-19-9-8-18(17(15-19)5-3-4-10-24)16-25-11-13-26(14-12-25)21-7-2-1-6-20(21)23/h1-2,6-9,15H,3-5,10-14,16,24H2. The summed E-state index contributed by atoms with van der Waals surface area (Å²) in [6.07, 6.45) is 3.22. The molecule has 3 nitrogen and oxygen atoms in total. The van der Waals surface area contributed by atoms with E-state index in [-0.39, 0.29) is 0 Å². The predicted octanol–water partition coefficient (Wildman–Crippen LogP) is 4.60. The fraction of sp³-hybridized carbons (Fsp3) is 0.429. The zero-order chi connectivity index (χ0) is 18.4. The summed E-state index contributed by atoms with van der Waals surface area (Å²) in [5.41, 5.74) is 9.52. The van der Waals surface area contributed by atoms with Crippen LogP contribution in [0.25, 0.3) is 0 Å². The summed E-state index contributed by atoms with van der Waals surface area (Å²) in [5, 5.41) is 1.65. The van der Waals surface area contributed by atoms with E-state index in [4.69, 9.17) is 28.9 Å².